The van der Waals surface area contributed by atoms with Crippen LogP contribution in [0.25, 0.3) is 10.9 Å². The summed E-state index contributed by atoms with van der Waals surface area (Å²) in [4.78, 5) is 54.1. The van der Waals surface area contributed by atoms with Gasteiger partial charge in [-0.05, 0) is 115 Å². The van der Waals surface area contributed by atoms with Crippen molar-refractivity contribution in [1.82, 2.24) is 9.88 Å². The van der Waals surface area contributed by atoms with Gasteiger partial charge >= 0.3 is 12.2 Å². The lowest BCUT2D eigenvalue weighted by Gasteiger charge is -2.41. The molecule has 13 nitrogen and oxygen atoms in total. The monoisotopic (exact) mass is 811 g/mol. The molecule has 1 amide bonds. The summed E-state index contributed by atoms with van der Waals surface area (Å²) in [5, 5.41) is 11.3. The third-order valence-corrected chi connectivity index (χ3v) is 14.2. The second-order valence-corrected chi connectivity index (χ2v) is 22.8. The Labute approximate surface area is 339 Å². The molecule has 3 rings (SSSR count). The Bertz CT molecular complexity index is 1840. The standard InChI is InChI=1S/C43H65N3O10Si/c1-41(2,3)54-39(48)45(27-15-12-13-16-28-52-29-17-14-18-31-19-21-32(22-20-31)46(50)51)30-36(56-57(10,11)43(7,8)9)33-23-25-35(53-40(49)55-42(4,5)6)38-34(33)24-26-37(47)44-38/h19-26,36H,12-18,27-30H2,1-11H3,(H,44,47). The predicted molar refractivity (Wildman–Crippen MR) is 226 cm³/mol. The van der Waals surface area contributed by atoms with Crippen LogP contribution in [0.5, 0.6) is 5.75 Å². The average molecular weight is 812 g/mol. The van der Waals surface area contributed by atoms with Crippen molar-refractivity contribution in [2.45, 2.75) is 143 Å². The summed E-state index contributed by atoms with van der Waals surface area (Å²) in [5.41, 5.74) is 0.386. The molecular formula is C43H65N3O10Si. The topological polar surface area (TPSA) is 160 Å². The van der Waals surface area contributed by atoms with Gasteiger partial charge in [-0.25, -0.2) is 9.59 Å². The Kier molecular flexibility index (Phi) is 16.9. The smallest absolute Gasteiger partial charge is 0.444 e. The molecule has 1 heterocycles. The number of ether oxygens (including phenoxy) is 4. The van der Waals surface area contributed by atoms with E-state index in [1.54, 1.807) is 49.9 Å². The second kappa shape index (κ2) is 20.4. The third-order valence-electron chi connectivity index (χ3n) is 9.72. The SMILES string of the molecule is CC(C)(C)OC(=O)Oc1ccc(C(CN(CCCCCCOCCCCc2ccc([N+](=O)[O-])cc2)C(=O)OC(C)(C)C)O[Si](C)(C)C(C)(C)C)c2ccc(=O)[nH]c12. The first-order valence-corrected chi connectivity index (χ1v) is 22.9. The van der Waals surface area contributed by atoms with Crippen LogP contribution in [-0.2, 0) is 25.1 Å². The zero-order chi connectivity index (χ0) is 42.6. The number of rotatable bonds is 19. The summed E-state index contributed by atoms with van der Waals surface area (Å²) < 4.78 is 29.8. The summed E-state index contributed by atoms with van der Waals surface area (Å²) >= 11 is 0. The summed E-state index contributed by atoms with van der Waals surface area (Å²) in [5.74, 6) is 0.141. The summed E-state index contributed by atoms with van der Waals surface area (Å²) in [6, 6.07) is 13.2. The molecule has 0 spiro atoms. The fourth-order valence-corrected chi connectivity index (χ4v) is 7.04. The van der Waals surface area contributed by atoms with Gasteiger partial charge in [-0.2, -0.15) is 0 Å². The zero-order valence-electron chi connectivity index (χ0n) is 36.0. The number of carbonyl (C=O) groups is 2. The molecular weight excluding hydrogens is 747 g/mol. The molecule has 0 bridgehead atoms. The Morgan fingerprint density at radius 3 is 2.02 bits per heavy atom. The molecule has 0 saturated heterocycles. The number of nitro groups is 1. The van der Waals surface area contributed by atoms with Crippen LogP contribution >= 0.6 is 0 Å². The van der Waals surface area contributed by atoms with E-state index >= 15 is 0 Å². The quantitative estimate of drug-likeness (QED) is 0.0308. The van der Waals surface area contributed by atoms with Gasteiger partial charge in [0.2, 0.25) is 5.56 Å². The third kappa shape index (κ3) is 15.9. The maximum Gasteiger partial charge on any atom is 0.514 e. The highest BCUT2D eigenvalue weighted by Crippen LogP contribution is 2.42. The number of non-ortho nitro benzene ring substituents is 1. The van der Waals surface area contributed by atoms with Gasteiger partial charge in [0, 0.05) is 43.3 Å². The molecule has 1 atom stereocenters. The molecule has 1 N–H and O–H groups in total. The Hall–Kier alpha value is -4.27. The van der Waals surface area contributed by atoms with Crippen LogP contribution in [0.2, 0.25) is 18.1 Å². The highest BCUT2D eigenvalue weighted by atomic mass is 28.4. The van der Waals surface area contributed by atoms with E-state index in [2.05, 4.69) is 38.8 Å². The van der Waals surface area contributed by atoms with Crippen molar-refractivity contribution in [3.8, 4) is 5.75 Å². The van der Waals surface area contributed by atoms with Crippen molar-refractivity contribution in [3.05, 3.63) is 80.1 Å². The molecule has 57 heavy (non-hydrogen) atoms. The van der Waals surface area contributed by atoms with Crippen LogP contribution < -0.4 is 10.3 Å². The number of aromatic nitrogens is 1. The average Bonchev–Trinajstić information content (AvgIpc) is 3.07. The molecule has 316 valence electrons. The fraction of sp³-hybridized carbons (Fsp3) is 0.605. The van der Waals surface area contributed by atoms with Gasteiger partial charge in [0.15, 0.2) is 14.1 Å². The lowest BCUT2D eigenvalue weighted by Crippen LogP contribution is -2.46. The van der Waals surface area contributed by atoms with E-state index in [-0.39, 0.29) is 28.6 Å². The van der Waals surface area contributed by atoms with Crippen molar-refractivity contribution < 1.29 is 37.9 Å². The van der Waals surface area contributed by atoms with Gasteiger partial charge in [-0.1, -0.05) is 51.8 Å². The van der Waals surface area contributed by atoms with Gasteiger partial charge in [0.05, 0.1) is 23.1 Å². The number of H-pyrrole nitrogens is 1. The molecule has 0 aliphatic rings. The van der Waals surface area contributed by atoms with E-state index in [1.165, 1.54) is 18.2 Å². The molecule has 0 aliphatic heterocycles. The number of aromatic amines is 1. The summed E-state index contributed by atoms with van der Waals surface area (Å²) in [6.45, 7) is 23.5. The van der Waals surface area contributed by atoms with Gasteiger partial charge < -0.3 is 33.3 Å². The van der Waals surface area contributed by atoms with E-state index in [1.807, 2.05) is 26.8 Å². The normalized spacial score (nSPS) is 13.0. The number of unbranched alkanes of at least 4 members (excludes halogenated alkanes) is 4. The van der Waals surface area contributed by atoms with Crippen LogP contribution in [0.15, 0.2) is 53.3 Å². The number of amides is 1. The van der Waals surface area contributed by atoms with Crippen molar-refractivity contribution in [2.75, 3.05) is 26.3 Å². The number of pyridine rings is 1. The summed E-state index contributed by atoms with van der Waals surface area (Å²) in [6.07, 6.45) is 4.23. The predicted octanol–water partition coefficient (Wildman–Crippen LogP) is 10.7. The zero-order valence-corrected chi connectivity index (χ0v) is 37.0. The number of fused-ring (bicyclic) bond motifs is 1. The van der Waals surface area contributed by atoms with E-state index in [0.717, 1.165) is 56.1 Å². The first-order chi connectivity index (χ1) is 26.5. The fourth-order valence-electron chi connectivity index (χ4n) is 5.77. The van der Waals surface area contributed by atoms with Crippen molar-refractivity contribution in [1.29, 1.82) is 0 Å². The molecule has 2 aromatic carbocycles. The van der Waals surface area contributed by atoms with Crippen molar-refractivity contribution >= 4 is 37.2 Å². The second-order valence-electron chi connectivity index (χ2n) is 18.0. The minimum atomic E-state index is -2.45. The van der Waals surface area contributed by atoms with E-state index in [0.29, 0.717) is 30.7 Å². The molecule has 14 heteroatoms. The summed E-state index contributed by atoms with van der Waals surface area (Å²) in [7, 11) is -2.45. The number of nitro benzene ring substituents is 1. The maximum absolute atomic E-state index is 13.8. The van der Waals surface area contributed by atoms with Crippen LogP contribution in [-0.4, -0.2) is 72.9 Å². The number of carbonyl (C=O) groups excluding carboxylic acids is 2. The molecule has 0 fully saturated rings. The molecule has 1 aromatic heterocycles. The molecule has 0 radical (unpaired) electrons. The lowest BCUT2D eigenvalue weighted by molar-refractivity contribution is -0.384. The van der Waals surface area contributed by atoms with E-state index < -0.39 is 42.8 Å². The van der Waals surface area contributed by atoms with Gasteiger partial charge in [-0.3, -0.25) is 14.9 Å². The number of benzene rings is 2. The minimum Gasteiger partial charge on any atom is -0.444 e. The van der Waals surface area contributed by atoms with E-state index in [9.17, 15) is 24.5 Å². The molecule has 0 aliphatic carbocycles. The number of nitrogens with one attached hydrogen (secondary N) is 1. The van der Waals surface area contributed by atoms with Crippen LogP contribution in [0.3, 0.4) is 0 Å². The Morgan fingerprint density at radius 1 is 0.807 bits per heavy atom. The Morgan fingerprint density at radius 2 is 1.42 bits per heavy atom. The number of hydrogen-bond donors (Lipinski definition) is 1. The molecule has 0 saturated carbocycles. The van der Waals surface area contributed by atoms with E-state index in [4.69, 9.17) is 23.4 Å². The maximum atomic E-state index is 13.8. The Balaban J connectivity index is 1.72. The van der Waals surface area contributed by atoms with Crippen molar-refractivity contribution in [3.63, 3.8) is 0 Å². The van der Waals surface area contributed by atoms with Crippen molar-refractivity contribution in [2.24, 2.45) is 0 Å². The van der Waals surface area contributed by atoms with Gasteiger partial charge in [-0.15, -0.1) is 0 Å². The van der Waals surface area contributed by atoms with Gasteiger partial charge in [0.25, 0.3) is 5.69 Å². The molecule has 1 unspecified atom stereocenters. The number of nitrogens with zero attached hydrogens (tertiary/aromatic N) is 2. The molecule has 3 aromatic rings. The first-order valence-electron chi connectivity index (χ1n) is 20.0. The largest absolute Gasteiger partial charge is 0.514 e. The van der Waals surface area contributed by atoms with Gasteiger partial charge in [0.1, 0.15) is 11.2 Å². The highest BCUT2D eigenvalue weighted by molar-refractivity contribution is 6.74. The lowest BCUT2D eigenvalue weighted by atomic mass is 10.0. The highest BCUT2D eigenvalue weighted by Gasteiger charge is 2.41. The van der Waals surface area contributed by atoms with Crippen LogP contribution in [0, 0.1) is 10.1 Å². The van der Waals surface area contributed by atoms with Crippen LogP contribution in [0.4, 0.5) is 15.3 Å². The first kappa shape index (κ1) is 47.1. The minimum absolute atomic E-state index is 0.101. The number of aryl methyl sites for hydroxylation is 1. The van der Waals surface area contributed by atoms with Crippen LogP contribution in [0.1, 0.15) is 118 Å². The number of hydrogen-bond acceptors (Lipinski definition) is 10.